The second kappa shape index (κ2) is 9.77. The van der Waals surface area contributed by atoms with Gasteiger partial charge in [0.1, 0.15) is 10.5 Å². The van der Waals surface area contributed by atoms with Gasteiger partial charge in [-0.2, -0.15) is 4.31 Å². The summed E-state index contributed by atoms with van der Waals surface area (Å²) in [7, 11) is -3.67. The predicted octanol–water partition coefficient (Wildman–Crippen LogP) is 0.999. The molecule has 32 heavy (non-hydrogen) atoms. The summed E-state index contributed by atoms with van der Waals surface area (Å²) in [6.45, 7) is 1.79. The number of pyridine rings is 1. The predicted molar refractivity (Wildman–Crippen MR) is 121 cm³/mol. The summed E-state index contributed by atoms with van der Waals surface area (Å²) in [6, 6.07) is 6.83. The normalized spacial score (nSPS) is 15.6. The average Bonchev–Trinajstić information content (AvgIpc) is 3.44. The van der Waals surface area contributed by atoms with Crippen LogP contribution in [0.4, 0.5) is 4.79 Å². The minimum atomic E-state index is -3.67. The van der Waals surface area contributed by atoms with Crippen LogP contribution in [0.25, 0.3) is 11.0 Å². The lowest BCUT2D eigenvalue weighted by Crippen LogP contribution is -2.52. The number of carbonyl (C=O) groups excluding carboxylic acids is 2. The van der Waals surface area contributed by atoms with Crippen molar-refractivity contribution in [1.29, 1.82) is 0 Å². The maximum atomic E-state index is 13.1. The highest BCUT2D eigenvalue weighted by atomic mass is 32.2. The van der Waals surface area contributed by atoms with Crippen molar-refractivity contribution in [1.82, 2.24) is 29.8 Å². The number of carbonyl (C=O) groups is 2. The molecule has 0 saturated carbocycles. The van der Waals surface area contributed by atoms with Gasteiger partial charge < -0.3 is 10.3 Å². The van der Waals surface area contributed by atoms with Crippen LogP contribution in [0.3, 0.4) is 0 Å². The minimum Gasteiger partial charge on any atom is -0.345 e. The average molecular weight is 477 g/mol. The van der Waals surface area contributed by atoms with Gasteiger partial charge in [-0.25, -0.2) is 18.2 Å². The molecule has 4 heterocycles. The van der Waals surface area contributed by atoms with E-state index in [9.17, 15) is 18.0 Å². The Morgan fingerprint density at radius 2 is 1.97 bits per heavy atom. The number of fused-ring (bicyclic) bond motifs is 1. The highest BCUT2D eigenvalue weighted by Gasteiger charge is 2.31. The molecular weight excluding hydrogens is 452 g/mol. The van der Waals surface area contributed by atoms with Crippen molar-refractivity contribution in [3.05, 3.63) is 46.9 Å². The molecule has 1 aliphatic heterocycles. The number of urea groups is 1. The molecule has 3 aromatic heterocycles. The summed E-state index contributed by atoms with van der Waals surface area (Å²) in [5.41, 5.74) is 0.523. The fraction of sp³-hybridized carbons (Fsp3) is 0.350. The Morgan fingerprint density at radius 3 is 2.72 bits per heavy atom. The number of piperazine rings is 1. The van der Waals surface area contributed by atoms with Gasteiger partial charge in [-0.05, 0) is 30.0 Å². The van der Waals surface area contributed by atoms with Gasteiger partial charge in [0, 0.05) is 55.4 Å². The third kappa shape index (κ3) is 5.15. The van der Waals surface area contributed by atoms with Crippen LogP contribution in [0.2, 0.25) is 0 Å². The zero-order chi connectivity index (χ0) is 22.6. The van der Waals surface area contributed by atoms with Crippen LogP contribution in [-0.2, 0) is 21.2 Å². The number of imide groups is 1. The monoisotopic (exact) mass is 476 g/mol. The molecule has 12 heteroatoms. The summed E-state index contributed by atoms with van der Waals surface area (Å²) in [4.78, 5) is 34.3. The molecule has 3 N–H and O–H groups in total. The lowest BCUT2D eigenvalue weighted by Gasteiger charge is -2.33. The Kier molecular flexibility index (Phi) is 6.84. The maximum Gasteiger partial charge on any atom is 0.321 e. The number of H-pyrrole nitrogens is 1. The molecule has 0 aliphatic carbocycles. The molecule has 0 radical (unpaired) electrons. The number of hydrogen-bond acceptors (Lipinski definition) is 7. The number of rotatable bonds is 7. The Labute approximate surface area is 189 Å². The fourth-order valence-electron chi connectivity index (χ4n) is 3.58. The molecule has 10 nitrogen and oxygen atoms in total. The first kappa shape index (κ1) is 22.4. The highest BCUT2D eigenvalue weighted by Crippen LogP contribution is 2.25. The van der Waals surface area contributed by atoms with E-state index in [0.717, 1.165) is 4.88 Å². The zero-order valence-electron chi connectivity index (χ0n) is 17.3. The van der Waals surface area contributed by atoms with Gasteiger partial charge in [-0.15, -0.1) is 11.3 Å². The van der Waals surface area contributed by atoms with Gasteiger partial charge in [0.2, 0.25) is 15.9 Å². The molecule has 0 atom stereocenters. The van der Waals surface area contributed by atoms with E-state index < -0.39 is 22.0 Å². The Bertz CT molecular complexity index is 1180. The second-order valence-electron chi connectivity index (χ2n) is 7.37. The second-order valence-corrected chi connectivity index (χ2v) is 10.3. The summed E-state index contributed by atoms with van der Waals surface area (Å²) >= 11 is 1.62. The van der Waals surface area contributed by atoms with Crippen molar-refractivity contribution in [2.75, 3.05) is 39.3 Å². The van der Waals surface area contributed by atoms with E-state index in [1.54, 1.807) is 29.7 Å². The summed E-state index contributed by atoms with van der Waals surface area (Å²) < 4.78 is 27.5. The number of thiophene rings is 1. The Hall–Kier alpha value is -2.80. The van der Waals surface area contributed by atoms with Gasteiger partial charge >= 0.3 is 6.03 Å². The smallest absolute Gasteiger partial charge is 0.321 e. The number of amides is 3. The lowest BCUT2D eigenvalue weighted by molar-refractivity contribution is -0.121. The first-order valence-electron chi connectivity index (χ1n) is 10.2. The molecule has 0 unspecified atom stereocenters. The van der Waals surface area contributed by atoms with Crippen LogP contribution in [-0.4, -0.2) is 78.8 Å². The molecule has 0 aromatic carbocycles. The number of nitrogens with zero attached hydrogens (tertiary/aromatic N) is 3. The number of hydrogen-bond donors (Lipinski definition) is 3. The standard InChI is InChI=1S/C20H24N6O4S2/c27-18(24-20(28)22-7-5-15-3-2-12-31-15)14-25-8-10-26(11-9-25)32(29,30)17-13-23-19-16(17)4-1-6-21-19/h1-4,6,12-13H,5,7-11,14H2,(H,21,23)(H2,22,24,27,28). The quantitative estimate of drug-likeness (QED) is 0.467. The van der Waals surface area contributed by atoms with Crippen molar-refractivity contribution >= 4 is 44.3 Å². The van der Waals surface area contributed by atoms with Crippen LogP contribution in [0.5, 0.6) is 0 Å². The molecule has 170 valence electrons. The molecule has 3 aromatic rings. The molecule has 3 amide bonds. The minimum absolute atomic E-state index is 0.0310. The van der Waals surface area contributed by atoms with Crippen LogP contribution in [0, 0.1) is 0 Å². The Balaban J connectivity index is 1.23. The first-order valence-corrected chi connectivity index (χ1v) is 12.5. The van der Waals surface area contributed by atoms with Crippen molar-refractivity contribution < 1.29 is 18.0 Å². The van der Waals surface area contributed by atoms with Gasteiger partial charge in [0.15, 0.2) is 0 Å². The van der Waals surface area contributed by atoms with Crippen molar-refractivity contribution in [3.63, 3.8) is 0 Å². The molecule has 1 saturated heterocycles. The molecule has 0 spiro atoms. The third-order valence-corrected chi connectivity index (χ3v) is 8.09. The molecular formula is C20H24N6O4S2. The molecule has 0 bridgehead atoms. The SMILES string of the molecule is O=C(CN1CCN(S(=O)(=O)c2c[nH]c3ncccc23)CC1)NC(=O)NCCc1cccs1. The van der Waals surface area contributed by atoms with Crippen LogP contribution >= 0.6 is 11.3 Å². The van der Waals surface area contributed by atoms with E-state index in [1.165, 1.54) is 10.5 Å². The topological polar surface area (TPSA) is 128 Å². The van der Waals surface area contributed by atoms with Crippen LogP contribution < -0.4 is 10.6 Å². The van der Waals surface area contributed by atoms with Crippen molar-refractivity contribution in [3.8, 4) is 0 Å². The van der Waals surface area contributed by atoms with E-state index in [1.807, 2.05) is 22.4 Å². The van der Waals surface area contributed by atoms with E-state index >= 15 is 0 Å². The van der Waals surface area contributed by atoms with E-state index in [2.05, 4.69) is 20.6 Å². The summed E-state index contributed by atoms with van der Waals surface area (Å²) in [5.74, 6) is -0.419. The van der Waals surface area contributed by atoms with Crippen molar-refractivity contribution in [2.45, 2.75) is 11.3 Å². The van der Waals surface area contributed by atoms with E-state index in [0.29, 0.717) is 37.1 Å². The van der Waals surface area contributed by atoms with Crippen LogP contribution in [0.1, 0.15) is 4.88 Å². The van der Waals surface area contributed by atoms with Gasteiger partial charge in [0.25, 0.3) is 0 Å². The fourth-order valence-corrected chi connectivity index (χ4v) is 5.86. The van der Waals surface area contributed by atoms with E-state index in [4.69, 9.17) is 0 Å². The first-order chi connectivity index (χ1) is 15.4. The van der Waals surface area contributed by atoms with Crippen molar-refractivity contribution in [2.24, 2.45) is 0 Å². The van der Waals surface area contributed by atoms with Gasteiger partial charge in [-0.3, -0.25) is 15.0 Å². The highest BCUT2D eigenvalue weighted by molar-refractivity contribution is 7.89. The lowest BCUT2D eigenvalue weighted by atomic mass is 10.3. The molecule has 4 rings (SSSR count). The van der Waals surface area contributed by atoms with E-state index in [-0.39, 0.29) is 24.5 Å². The third-order valence-electron chi connectivity index (χ3n) is 5.22. The largest absolute Gasteiger partial charge is 0.345 e. The molecule has 1 fully saturated rings. The molecule has 1 aliphatic rings. The van der Waals surface area contributed by atoms with Gasteiger partial charge in [0.05, 0.1) is 6.54 Å². The number of aromatic nitrogens is 2. The van der Waals surface area contributed by atoms with Gasteiger partial charge in [-0.1, -0.05) is 6.07 Å². The van der Waals surface area contributed by atoms with Crippen LogP contribution in [0.15, 0.2) is 46.9 Å². The number of aromatic amines is 1. The summed E-state index contributed by atoms with van der Waals surface area (Å²) in [6.07, 6.45) is 3.77. The maximum absolute atomic E-state index is 13.1. The summed E-state index contributed by atoms with van der Waals surface area (Å²) in [5, 5.41) is 7.52. The number of nitrogens with one attached hydrogen (secondary N) is 3. The zero-order valence-corrected chi connectivity index (χ0v) is 18.9. The number of sulfonamides is 1. The Morgan fingerprint density at radius 1 is 1.16 bits per heavy atom.